The molecule has 0 spiro atoms. The number of benzene rings is 3. The van der Waals surface area contributed by atoms with Gasteiger partial charge in [-0.1, -0.05) is 10.1 Å². The molecule has 0 heterocycles. The van der Waals surface area contributed by atoms with Gasteiger partial charge < -0.3 is 10.2 Å². The van der Waals surface area contributed by atoms with Crippen molar-refractivity contribution < 1.29 is 65.0 Å². The first-order chi connectivity index (χ1) is 19.9. The van der Waals surface area contributed by atoms with Gasteiger partial charge in [-0.25, -0.2) is 18.9 Å². The lowest BCUT2D eigenvalue weighted by molar-refractivity contribution is -0.434. The second-order valence-corrected chi connectivity index (χ2v) is 12.2. The molecule has 5 N–H and O–H groups in total. The Hall–Kier alpha value is -3.26. The highest BCUT2D eigenvalue weighted by molar-refractivity contribution is 7.94. The summed E-state index contributed by atoms with van der Waals surface area (Å²) in [5.74, 6) is -1.49. The number of rotatable bonds is 15. The molecule has 0 saturated carbocycles. The molecule has 0 unspecified atom stereocenters. The smallest absolute Gasteiger partial charge is 0.296 e. The normalized spacial score (nSPS) is 12.5. The fraction of sp³-hybridized carbons (Fsp3) is 0.100. The minimum atomic E-state index is -4.74. The van der Waals surface area contributed by atoms with Gasteiger partial charge in [-0.15, -0.1) is 24.0 Å². The Morgan fingerprint density at radius 2 is 1.36 bits per heavy atom. The van der Waals surface area contributed by atoms with Gasteiger partial charge in [0, 0.05) is 17.0 Å². The molecule has 0 amide bonds. The summed E-state index contributed by atoms with van der Waals surface area (Å²) in [5.41, 5.74) is -0.678. The van der Waals surface area contributed by atoms with E-state index in [-0.39, 0.29) is 51.5 Å². The quantitative estimate of drug-likeness (QED) is 0.0340. The van der Waals surface area contributed by atoms with Crippen molar-refractivity contribution in [1.82, 2.24) is 0 Å². The summed E-state index contributed by atoms with van der Waals surface area (Å²) in [7, 11) is -8.48. The van der Waals surface area contributed by atoms with Gasteiger partial charge in [-0.2, -0.15) is 13.5 Å². The van der Waals surface area contributed by atoms with E-state index in [1.807, 2.05) is 0 Å². The molecule has 0 fully saturated rings. The first-order valence-electron chi connectivity index (χ1n) is 10.7. The fourth-order valence-corrected chi connectivity index (χ4v) is 5.29. The zero-order valence-corrected chi connectivity index (χ0v) is 23.7. The van der Waals surface area contributed by atoms with E-state index < -0.39 is 42.1 Å². The molecular formula is C20H18N4O14S4. The van der Waals surface area contributed by atoms with E-state index >= 15 is 0 Å². The van der Waals surface area contributed by atoms with Crippen LogP contribution in [-0.4, -0.2) is 54.5 Å². The molecular weight excluding hydrogens is 649 g/mol. The zero-order valence-electron chi connectivity index (χ0n) is 20.4. The lowest BCUT2D eigenvalue weighted by Crippen LogP contribution is -2.10. The highest BCUT2D eigenvalue weighted by atomic mass is 32.2. The summed E-state index contributed by atoms with van der Waals surface area (Å²) < 4.78 is 70.6. The molecule has 42 heavy (non-hydrogen) atoms. The number of phenols is 2. The van der Waals surface area contributed by atoms with Gasteiger partial charge in [0.25, 0.3) is 10.1 Å². The Kier molecular flexibility index (Phi) is 12.1. The summed E-state index contributed by atoms with van der Waals surface area (Å²) in [6.45, 7) is -0.272. The van der Waals surface area contributed by atoms with Crippen molar-refractivity contribution >= 4 is 67.1 Å². The third-order valence-corrected chi connectivity index (χ3v) is 8.27. The van der Waals surface area contributed by atoms with E-state index in [1.54, 1.807) is 0 Å². The van der Waals surface area contributed by atoms with Crippen LogP contribution in [0.2, 0.25) is 0 Å². The van der Waals surface area contributed by atoms with Crippen LogP contribution in [0.4, 0.5) is 22.7 Å². The number of aromatic hydroxyl groups is 2. The van der Waals surface area contributed by atoms with Gasteiger partial charge in [0.15, 0.2) is 22.2 Å². The number of phenolic OH excluding ortho intramolecular Hbond substituents is 2. The number of nitrogens with zero attached hydrogens (tertiary/aromatic N) is 4. The molecule has 0 aliphatic rings. The molecule has 0 aromatic heterocycles. The Bertz CT molecular complexity index is 1650. The Balaban J connectivity index is 1.81. The summed E-state index contributed by atoms with van der Waals surface area (Å²) in [6, 6.07) is 10.4. The number of hydrogen-bond acceptors (Lipinski definition) is 19. The van der Waals surface area contributed by atoms with E-state index in [0.717, 1.165) is 24.3 Å². The third-order valence-electron chi connectivity index (χ3n) is 4.72. The van der Waals surface area contributed by atoms with E-state index in [2.05, 4.69) is 39.2 Å². The van der Waals surface area contributed by atoms with Crippen LogP contribution < -0.4 is 0 Å². The molecule has 0 radical (unpaired) electrons. The molecule has 3 aromatic carbocycles. The van der Waals surface area contributed by atoms with Crippen LogP contribution in [-0.2, 0) is 42.9 Å². The Labute approximate surface area is 245 Å². The molecule has 22 heteroatoms. The first-order valence-corrected chi connectivity index (χ1v) is 15.2. The predicted molar refractivity (Wildman–Crippen MR) is 142 cm³/mol. The van der Waals surface area contributed by atoms with Gasteiger partial charge >= 0.3 is 0 Å². The highest BCUT2D eigenvalue weighted by Gasteiger charge is 2.18. The molecule has 0 aliphatic heterocycles. The minimum Gasteiger partial charge on any atom is -0.505 e. The van der Waals surface area contributed by atoms with Crippen LogP contribution in [0.5, 0.6) is 11.5 Å². The molecule has 226 valence electrons. The largest absolute Gasteiger partial charge is 0.505 e. The second-order valence-electron chi connectivity index (χ2n) is 7.41. The Morgan fingerprint density at radius 3 is 1.98 bits per heavy atom. The van der Waals surface area contributed by atoms with E-state index in [1.165, 1.54) is 30.3 Å². The molecule has 0 atom stereocenters. The van der Waals surface area contributed by atoms with Crippen molar-refractivity contribution in [3.63, 3.8) is 0 Å². The number of sulfone groups is 1. The number of azo groups is 2. The minimum absolute atomic E-state index is 0.0493. The second kappa shape index (κ2) is 15.3. The van der Waals surface area contributed by atoms with Crippen LogP contribution in [0.15, 0.2) is 89.7 Å². The zero-order chi connectivity index (χ0) is 30.8. The van der Waals surface area contributed by atoms with Crippen molar-refractivity contribution in [1.29, 1.82) is 0 Å². The maximum absolute atomic E-state index is 12.4. The summed E-state index contributed by atoms with van der Waals surface area (Å²) >= 11 is 0.720. The van der Waals surface area contributed by atoms with Crippen LogP contribution in [0, 0.1) is 0 Å². The van der Waals surface area contributed by atoms with Gasteiger partial charge in [0.2, 0.25) is 0 Å². The summed E-state index contributed by atoms with van der Waals surface area (Å²) in [4.78, 5) is -0.503. The van der Waals surface area contributed by atoms with Crippen molar-refractivity contribution in [2.45, 2.75) is 14.7 Å². The van der Waals surface area contributed by atoms with Crippen molar-refractivity contribution in [2.75, 3.05) is 12.4 Å². The lowest BCUT2D eigenvalue weighted by atomic mass is 10.2. The van der Waals surface area contributed by atoms with E-state index in [0.29, 0.717) is 12.0 Å². The van der Waals surface area contributed by atoms with Crippen molar-refractivity contribution in [3.8, 4) is 11.5 Å². The first kappa shape index (κ1) is 33.2. The van der Waals surface area contributed by atoms with Crippen molar-refractivity contribution in [2.24, 2.45) is 20.5 Å². The van der Waals surface area contributed by atoms with Gasteiger partial charge in [-0.3, -0.25) is 8.74 Å². The summed E-state index contributed by atoms with van der Waals surface area (Å²) in [6.07, 6.45) is 0. The molecule has 0 aliphatic carbocycles. The molecule has 3 rings (SSSR count). The highest BCUT2D eigenvalue weighted by Crippen LogP contribution is 2.40. The SMILES string of the molecule is O=S(=O)(O)c1ccc(SOOO)cc1/N=N/c1cc(/N=N/c2ccc(S(=O)(=O)CCOSOOO)cc2)c(O)cc1O. The predicted octanol–water partition coefficient (Wildman–Crippen LogP) is 5.38. The van der Waals surface area contributed by atoms with Gasteiger partial charge in [0.05, 0.1) is 35.0 Å². The molecule has 0 saturated heterocycles. The average molecular weight is 667 g/mol. The van der Waals surface area contributed by atoms with Gasteiger partial charge in [0.1, 0.15) is 33.5 Å². The van der Waals surface area contributed by atoms with Crippen molar-refractivity contribution in [3.05, 3.63) is 54.6 Å². The maximum atomic E-state index is 12.4. The Morgan fingerprint density at radius 1 is 0.738 bits per heavy atom. The third kappa shape index (κ3) is 9.65. The van der Waals surface area contributed by atoms with Gasteiger partial charge in [-0.05, 0) is 42.5 Å². The molecule has 18 nitrogen and oxygen atoms in total. The lowest BCUT2D eigenvalue weighted by Gasteiger charge is -2.05. The monoisotopic (exact) mass is 666 g/mol. The molecule has 3 aromatic rings. The van der Waals surface area contributed by atoms with Crippen LogP contribution >= 0.6 is 24.4 Å². The topological polar surface area (TPSA) is 265 Å². The average Bonchev–Trinajstić information content (AvgIpc) is 2.94. The number of hydrogen-bond donors (Lipinski definition) is 5. The van der Waals surface area contributed by atoms with E-state index in [4.69, 9.17) is 14.7 Å². The maximum Gasteiger partial charge on any atom is 0.296 e. The van der Waals surface area contributed by atoms with Crippen LogP contribution in [0.3, 0.4) is 0 Å². The van der Waals surface area contributed by atoms with Crippen LogP contribution in [0.25, 0.3) is 0 Å². The van der Waals surface area contributed by atoms with E-state index in [9.17, 15) is 31.6 Å². The standard InChI is InChI=1S/C20H18N4O14S4/c25-18-11-19(26)16(23-24-17-9-13(39-37-35-27)3-6-20(17)42(31,32)33)10-15(18)22-21-12-1-4-14(5-2-12)41(29,30)8-7-34-40-38-36-28/h1-6,9-11,25-28H,7-8H2,(H,31,32,33)/b22-21+,24-23+. The molecule has 0 bridgehead atoms. The van der Waals surface area contributed by atoms with Crippen LogP contribution in [0.1, 0.15) is 0 Å². The fourth-order valence-electron chi connectivity index (χ4n) is 2.88. The summed E-state index contributed by atoms with van der Waals surface area (Å²) in [5, 5.41) is 58.7.